The summed E-state index contributed by atoms with van der Waals surface area (Å²) in [5, 5.41) is 0. The van der Waals surface area contributed by atoms with E-state index in [2.05, 4.69) is 40.3 Å². The molecule has 0 aliphatic heterocycles. The second kappa shape index (κ2) is 7.39. The Hall–Kier alpha value is -0.260. The Bertz CT molecular complexity index is 103. The maximum absolute atomic E-state index is 3.80. The Balaban J connectivity index is 0. The number of hydrogen-bond acceptors (Lipinski definition) is 0. The van der Waals surface area contributed by atoms with E-state index in [4.69, 9.17) is 0 Å². The SMILES string of the molecule is C.C=CC[C@@H](C(C)C)[C@H](C)CC. The molecule has 2 atom stereocenters. The van der Waals surface area contributed by atoms with Gasteiger partial charge in [0.15, 0.2) is 0 Å². The third-order valence-corrected chi connectivity index (χ3v) is 2.67. The highest BCUT2D eigenvalue weighted by molar-refractivity contribution is 4.78. The van der Waals surface area contributed by atoms with Gasteiger partial charge in [-0.2, -0.15) is 0 Å². The first-order valence-electron chi connectivity index (χ1n) is 4.74. The lowest BCUT2D eigenvalue weighted by molar-refractivity contribution is 0.267. The molecule has 0 aromatic carbocycles. The van der Waals surface area contributed by atoms with Crippen molar-refractivity contribution < 1.29 is 0 Å². The van der Waals surface area contributed by atoms with Crippen LogP contribution >= 0.6 is 0 Å². The molecule has 0 aromatic rings. The van der Waals surface area contributed by atoms with E-state index >= 15 is 0 Å². The second-order valence-electron chi connectivity index (χ2n) is 3.82. The molecule has 0 aromatic heterocycles. The maximum Gasteiger partial charge on any atom is -0.0320 e. The Morgan fingerprint density at radius 2 is 1.75 bits per heavy atom. The molecule has 0 N–H and O–H groups in total. The highest BCUT2D eigenvalue weighted by atomic mass is 14.2. The highest BCUT2D eigenvalue weighted by Gasteiger charge is 2.17. The normalized spacial score (nSPS) is 15.1. The standard InChI is InChI=1S/C11H22.CH4/c1-6-8-11(9(3)4)10(5)7-2;/h6,9-11H,1,7-8H2,2-5H3;1H4/t10-,11+;/m1./s1. The molecule has 0 aliphatic rings. The fraction of sp³-hybridized carbons (Fsp3) is 0.833. The fourth-order valence-corrected chi connectivity index (χ4v) is 1.66. The Morgan fingerprint density at radius 3 is 2.00 bits per heavy atom. The number of hydrogen-bond donors (Lipinski definition) is 0. The molecule has 0 spiro atoms. The van der Waals surface area contributed by atoms with Crippen LogP contribution in [0.5, 0.6) is 0 Å². The largest absolute Gasteiger partial charge is 0.103 e. The second-order valence-corrected chi connectivity index (χ2v) is 3.82. The van der Waals surface area contributed by atoms with Gasteiger partial charge in [0, 0.05) is 0 Å². The van der Waals surface area contributed by atoms with Gasteiger partial charge in [-0.1, -0.05) is 47.6 Å². The van der Waals surface area contributed by atoms with Crippen molar-refractivity contribution in [2.75, 3.05) is 0 Å². The van der Waals surface area contributed by atoms with Crippen LogP contribution in [0.3, 0.4) is 0 Å². The molecule has 0 saturated carbocycles. The fourth-order valence-electron chi connectivity index (χ4n) is 1.66. The molecule has 0 heteroatoms. The van der Waals surface area contributed by atoms with E-state index in [1.54, 1.807) is 0 Å². The summed E-state index contributed by atoms with van der Waals surface area (Å²) in [5.74, 6) is 2.47. The van der Waals surface area contributed by atoms with Gasteiger partial charge in [0.05, 0.1) is 0 Å². The van der Waals surface area contributed by atoms with Crippen molar-refractivity contribution in [2.45, 2.75) is 48.0 Å². The smallest absolute Gasteiger partial charge is 0.0320 e. The molecule has 0 aliphatic carbocycles. The lowest BCUT2D eigenvalue weighted by Gasteiger charge is -2.25. The van der Waals surface area contributed by atoms with Crippen molar-refractivity contribution >= 4 is 0 Å². The molecule has 0 bridgehead atoms. The van der Waals surface area contributed by atoms with Gasteiger partial charge in [0.1, 0.15) is 0 Å². The van der Waals surface area contributed by atoms with Gasteiger partial charge in [-0.25, -0.2) is 0 Å². The minimum atomic E-state index is 0. The molecule has 0 unspecified atom stereocenters. The maximum atomic E-state index is 3.80. The third kappa shape index (κ3) is 4.58. The van der Waals surface area contributed by atoms with E-state index in [9.17, 15) is 0 Å². The van der Waals surface area contributed by atoms with E-state index in [0.29, 0.717) is 0 Å². The van der Waals surface area contributed by atoms with Gasteiger partial charge in [-0.3, -0.25) is 0 Å². The van der Waals surface area contributed by atoms with Crippen LogP contribution in [0.1, 0.15) is 48.0 Å². The van der Waals surface area contributed by atoms with Crippen LogP contribution < -0.4 is 0 Å². The van der Waals surface area contributed by atoms with Crippen LogP contribution in [-0.2, 0) is 0 Å². The van der Waals surface area contributed by atoms with E-state index in [-0.39, 0.29) is 7.43 Å². The summed E-state index contributed by atoms with van der Waals surface area (Å²) in [5.41, 5.74) is 0. The van der Waals surface area contributed by atoms with Crippen LogP contribution in [0.4, 0.5) is 0 Å². The van der Waals surface area contributed by atoms with Crippen molar-refractivity contribution in [3.05, 3.63) is 12.7 Å². The third-order valence-electron chi connectivity index (χ3n) is 2.67. The predicted molar refractivity (Wildman–Crippen MR) is 59.3 cm³/mol. The first-order valence-corrected chi connectivity index (χ1v) is 4.74. The lowest BCUT2D eigenvalue weighted by Crippen LogP contribution is -2.16. The molecule has 0 amide bonds. The Labute approximate surface area is 79.1 Å². The van der Waals surface area contributed by atoms with Gasteiger partial charge >= 0.3 is 0 Å². The summed E-state index contributed by atoms with van der Waals surface area (Å²) in [4.78, 5) is 0. The van der Waals surface area contributed by atoms with E-state index in [1.807, 2.05) is 0 Å². The van der Waals surface area contributed by atoms with Crippen molar-refractivity contribution in [1.82, 2.24) is 0 Å². The van der Waals surface area contributed by atoms with Gasteiger partial charge < -0.3 is 0 Å². The molecular formula is C12H26. The zero-order chi connectivity index (χ0) is 8.85. The van der Waals surface area contributed by atoms with Gasteiger partial charge in [-0.15, -0.1) is 6.58 Å². The molecule has 0 radical (unpaired) electrons. The molecule has 0 heterocycles. The summed E-state index contributed by atoms with van der Waals surface area (Å²) >= 11 is 0. The van der Waals surface area contributed by atoms with Gasteiger partial charge in [0.25, 0.3) is 0 Å². The zero-order valence-corrected chi connectivity index (χ0v) is 8.43. The number of allylic oxidation sites excluding steroid dienone is 1. The lowest BCUT2D eigenvalue weighted by atomic mass is 9.81. The molecule has 0 rings (SSSR count). The Kier molecular flexibility index (Phi) is 8.79. The van der Waals surface area contributed by atoms with Gasteiger partial charge in [0.2, 0.25) is 0 Å². The summed E-state index contributed by atoms with van der Waals surface area (Å²) in [6.45, 7) is 13.0. The van der Waals surface area contributed by atoms with Crippen molar-refractivity contribution in [3.8, 4) is 0 Å². The summed E-state index contributed by atoms with van der Waals surface area (Å²) in [6.07, 6.45) is 4.51. The average molecular weight is 170 g/mol. The van der Waals surface area contributed by atoms with Crippen LogP contribution in [0.25, 0.3) is 0 Å². The molecule has 0 fully saturated rings. The number of rotatable bonds is 5. The summed E-state index contributed by atoms with van der Waals surface area (Å²) in [7, 11) is 0. The Morgan fingerprint density at radius 1 is 1.25 bits per heavy atom. The van der Waals surface area contributed by atoms with Crippen LogP contribution in [0, 0.1) is 17.8 Å². The first kappa shape index (κ1) is 14.3. The van der Waals surface area contributed by atoms with Crippen LogP contribution in [0.2, 0.25) is 0 Å². The predicted octanol–water partition coefficient (Wildman–Crippen LogP) is 4.52. The first-order chi connectivity index (χ1) is 5.13. The molecule has 74 valence electrons. The molecule has 0 nitrogen and oxygen atoms in total. The topological polar surface area (TPSA) is 0 Å². The average Bonchev–Trinajstić information content (AvgIpc) is 1.98. The summed E-state index contributed by atoms with van der Waals surface area (Å²) in [6, 6.07) is 0. The van der Waals surface area contributed by atoms with Crippen LogP contribution in [-0.4, -0.2) is 0 Å². The quantitative estimate of drug-likeness (QED) is 0.532. The van der Waals surface area contributed by atoms with Crippen molar-refractivity contribution in [3.63, 3.8) is 0 Å². The van der Waals surface area contributed by atoms with Crippen LogP contribution in [0.15, 0.2) is 12.7 Å². The highest BCUT2D eigenvalue weighted by Crippen LogP contribution is 2.26. The van der Waals surface area contributed by atoms with Crippen molar-refractivity contribution in [1.29, 1.82) is 0 Å². The minimum absolute atomic E-state index is 0. The van der Waals surface area contributed by atoms with E-state index in [1.165, 1.54) is 12.8 Å². The summed E-state index contributed by atoms with van der Waals surface area (Å²) < 4.78 is 0. The molecule has 12 heavy (non-hydrogen) atoms. The zero-order valence-electron chi connectivity index (χ0n) is 8.43. The van der Waals surface area contributed by atoms with E-state index in [0.717, 1.165) is 17.8 Å². The monoisotopic (exact) mass is 170 g/mol. The van der Waals surface area contributed by atoms with E-state index < -0.39 is 0 Å². The molecular weight excluding hydrogens is 144 g/mol. The van der Waals surface area contributed by atoms with Gasteiger partial charge in [-0.05, 0) is 24.2 Å². The minimum Gasteiger partial charge on any atom is -0.103 e. The van der Waals surface area contributed by atoms with Crippen molar-refractivity contribution in [2.24, 2.45) is 17.8 Å². The molecule has 0 saturated heterocycles.